The van der Waals surface area contributed by atoms with E-state index < -0.39 is 0 Å². The lowest BCUT2D eigenvalue weighted by molar-refractivity contribution is 0.0922. The molecule has 0 bridgehead atoms. The van der Waals surface area contributed by atoms with E-state index in [1.165, 1.54) is 19.0 Å². The van der Waals surface area contributed by atoms with Crippen LogP contribution in [-0.2, 0) is 0 Å². The van der Waals surface area contributed by atoms with Crippen LogP contribution >= 0.6 is 0 Å². The molecule has 18 heavy (non-hydrogen) atoms. The molecule has 1 fully saturated rings. The van der Waals surface area contributed by atoms with E-state index in [2.05, 4.69) is 39.5 Å². The smallest absolute Gasteiger partial charge is 0.273 e. The van der Waals surface area contributed by atoms with Crippen molar-refractivity contribution in [3.63, 3.8) is 0 Å². The van der Waals surface area contributed by atoms with Crippen molar-refractivity contribution in [2.75, 3.05) is 19.6 Å². The van der Waals surface area contributed by atoms with Crippen molar-refractivity contribution in [2.24, 2.45) is 5.92 Å². The van der Waals surface area contributed by atoms with Gasteiger partial charge in [-0.2, -0.15) is 15.4 Å². The summed E-state index contributed by atoms with van der Waals surface area (Å²) in [7, 11) is 0. The van der Waals surface area contributed by atoms with Gasteiger partial charge >= 0.3 is 0 Å². The van der Waals surface area contributed by atoms with Crippen LogP contribution in [0, 0.1) is 5.92 Å². The van der Waals surface area contributed by atoms with Gasteiger partial charge in [-0.1, -0.05) is 13.8 Å². The Balaban J connectivity index is 1.87. The van der Waals surface area contributed by atoms with E-state index in [9.17, 15) is 4.79 Å². The van der Waals surface area contributed by atoms with Gasteiger partial charge in [-0.05, 0) is 31.8 Å². The average Bonchev–Trinajstić information content (AvgIpc) is 3.01. The normalized spacial score (nSPS) is 18.2. The van der Waals surface area contributed by atoms with Crippen molar-refractivity contribution in [3.05, 3.63) is 11.9 Å². The van der Waals surface area contributed by atoms with Gasteiger partial charge in [0.1, 0.15) is 0 Å². The maximum atomic E-state index is 11.8. The number of H-pyrrole nitrogens is 1. The molecule has 2 heterocycles. The van der Waals surface area contributed by atoms with Gasteiger partial charge in [-0.3, -0.25) is 9.69 Å². The summed E-state index contributed by atoms with van der Waals surface area (Å²) in [4.78, 5) is 14.3. The summed E-state index contributed by atoms with van der Waals surface area (Å²) >= 11 is 0. The molecule has 0 aliphatic carbocycles. The first kappa shape index (κ1) is 13.0. The lowest BCUT2D eigenvalue weighted by atomic mass is 10.0. The molecule has 6 heteroatoms. The number of nitrogens with zero attached hydrogens (tertiary/aromatic N) is 3. The third-order valence-electron chi connectivity index (χ3n) is 3.50. The summed E-state index contributed by atoms with van der Waals surface area (Å²) in [5, 5.41) is 12.8. The number of nitrogens with one attached hydrogen (secondary N) is 2. The first-order chi connectivity index (χ1) is 8.68. The molecule has 0 saturated carbocycles. The third-order valence-corrected chi connectivity index (χ3v) is 3.50. The Kier molecular flexibility index (Phi) is 4.30. The van der Waals surface area contributed by atoms with Gasteiger partial charge in [0.2, 0.25) is 0 Å². The van der Waals surface area contributed by atoms with Gasteiger partial charge in [0, 0.05) is 12.6 Å². The van der Waals surface area contributed by atoms with Crippen LogP contribution in [0.1, 0.15) is 37.2 Å². The number of hydrogen-bond acceptors (Lipinski definition) is 4. The second kappa shape index (κ2) is 5.95. The highest BCUT2D eigenvalue weighted by Crippen LogP contribution is 2.17. The maximum Gasteiger partial charge on any atom is 0.273 e. The first-order valence-corrected chi connectivity index (χ1v) is 6.56. The van der Waals surface area contributed by atoms with Crippen molar-refractivity contribution in [2.45, 2.75) is 32.7 Å². The molecule has 1 aromatic rings. The molecule has 100 valence electrons. The predicted octanol–water partition coefficient (Wildman–Crippen LogP) is 0.655. The Bertz CT molecular complexity index is 370. The van der Waals surface area contributed by atoms with E-state index in [1.807, 2.05) is 0 Å². The fraction of sp³-hybridized carbons (Fsp3) is 0.750. The predicted molar refractivity (Wildman–Crippen MR) is 68.1 cm³/mol. The zero-order valence-corrected chi connectivity index (χ0v) is 11.0. The number of aromatic amines is 1. The molecular weight excluding hydrogens is 230 g/mol. The Morgan fingerprint density at radius 2 is 2.22 bits per heavy atom. The van der Waals surface area contributed by atoms with E-state index in [1.54, 1.807) is 0 Å². The minimum absolute atomic E-state index is 0.159. The van der Waals surface area contributed by atoms with Crippen LogP contribution in [0.4, 0.5) is 0 Å². The topological polar surface area (TPSA) is 73.9 Å². The lowest BCUT2D eigenvalue weighted by Crippen LogP contribution is -2.45. The van der Waals surface area contributed by atoms with Crippen LogP contribution in [0.3, 0.4) is 0 Å². The Morgan fingerprint density at radius 1 is 1.50 bits per heavy atom. The number of carbonyl (C=O) groups excluding carboxylic acids is 1. The summed E-state index contributed by atoms with van der Waals surface area (Å²) in [5.41, 5.74) is 0.346. The summed E-state index contributed by atoms with van der Waals surface area (Å²) in [6, 6.07) is 0.406. The summed E-state index contributed by atoms with van der Waals surface area (Å²) in [6.07, 6.45) is 3.97. The average molecular weight is 251 g/mol. The van der Waals surface area contributed by atoms with E-state index >= 15 is 0 Å². The number of rotatable bonds is 5. The van der Waals surface area contributed by atoms with Crippen molar-refractivity contribution >= 4 is 5.91 Å². The van der Waals surface area contributed by atoms with E-state index in [-0.39, 0.29) is 5.91 Å². The van der Waals surface area contributed by atoms with Crippen LogP contribution in [0.2, 0.25) is 0 Å². The number of likely N-dealkylation sites (tertiary alicyclic amines) is 1. The number of carbonyl (C=O) groups is 1. The van der Waals surface area contributed by atoms with E-state index in [4.69, 9.17) is 0 Å². The fourth-order valence-corrected chi connectivity index (χ4v) is 2.46. The highest BCUT2D eigenvalue weighted by Gasteiger charge is 2.25. The Hall–Kier alpha value is -1.43. The zero-order chi connectivity index (χ0) is 13.0. The minimum Gasteiger partial charge on any atom is -0.349 e. The van der Waals surface area contributed by atoms with Gasteiger partial charge in [0.25, 0.3) is 5.91 Å². The molecule has 0 aromatic carbocycles. The molecule has 1 atom stereocenters. The lowest BCUT2D eigenvalue weighted by Gasteiger charge is -2.30. The molecule has 1 unspecified atom stereocenters. The van der Waals surface area contributed by atoms with Gasteiger partial charge in [0.15, 0.2) is 5.69 Å². The molecule has 2 N–H and O–H groups in total. The molecule has 0 radical (unpaired) electrons. The quantitative estimate of drug-likeness (QED) is 0.806. The van der Waals surface area contributed by atoms with Crippen LogP contribution in [-0.4, -0.2) is 51.9 Å². The second-order valence-electron chi connectivity index (χ2n) is 5.12. The maximum absolute atomic E-state index is 11.8. The van der Waals surface area contributed by atoms with Crippen molar-refractivity contribution < 1.29 is 4.79 Å². The zero-order valence-electron chi connectivity index (χ0n) is 11.0. The van der Waals surface area contributed by atoms with Gasteiger partial charge in [-0.15, -0.1) is 0 Å². The molecule has 1 saturated heterocycles. The van der Waals surface area contributed by atoms with E-state index in [0.29, 0.717) is 24.2 Å². The Morgan fingerprint density at radius 3 is 2.78 bits per heavy atom. The molecule has 0 spiro atoms. The van der Waals surface area contributed by atoms with Crippen molar-refractivity contribution in [1.82, 2.24) is 25.6 Å². The second-order valence-corrected chi connectivity index (χ2v) is 5.12. The van der Waals surface area contributed by atoms with Crippen LogP contribution in [0.15, 0.2) is 6.20 Å². The number of amides is 1. The van der Waals surface area contributed by atoms with Gasteiger partial charge in [0.05, 0.1) is 6.20 Å². The minimum atomic E-state index is -0.159. The third kappa shape index (κ3) is 3.07. The number of hydrogen-bond donors (Lipinski definition) is 2. The van der Waals surface area contributed by atoms with Crippen LogP contribution in [0.25, 0.3) is 0 Å². The van der Waals surface area contributed by atoms with Crippen LogP contribution < -0.4 is 5.32 Å². The standard InChI is InChI=1S/C12H21N5O/c1-9(2)11(17-5-3-4-6-17)8-13-12(18)10-7-14-16-15-10/h7,9,11H,3-6,8H2,1-2H3,(H,13,18)(H,14,15,16). The molecule has 1 aromatic heterocycles. The molecule has 1 aliphatic heterocycles. The van der Waals surface area contributed by atoms with Crippen LogP contribution in [0.5, 0.6) is 0 Å². The molecule has 6 nitrogen and oxygen atoms in total. The van der Waals surface area contributed by atoms with Crippen molar-refractivity contribution in [3.8, 4) is 0 Å². The van der Waals surface area contributed by atoms with Crippen molar-refractivity contribution in [1.29, 1.82) is 0 Å². The monoisotopic (exact) mass is 251 g/mol. The SMILES string of the molecule is CC(C)C(CNC(=O)c1cn[nH]n1)N1CCCC1. The highest BCUT2D eigenvalue weighted by molar-refractivity contribution is 5.91. The van der Waals surface area contributed by atoms with E-state index in [0.717, 1.165) is 13.1 Å². The summed E-state index contributed by atoms with van der Waals surface area (Å²) < 4.78 is 0. The number of aromatic nitrogens is 3. The van der Waals surface area contributed by atoms with Gasteiger partial charge in [-0.25, -0.2) is 0 Å². The largest absolute Gasteiger partial charge is 0.349 e. The highest BCUT2D eigenvalue weighted by atomic mass is 16.2. The molecule has 2 rings (SSSR count). The fourth-order valence-electron chi connectivity index (χ4n) is 2.46. The summed E-state index contributed by atoms with van der Waals surface area (Å²) in [6.45, 7) is 7.35. The Labute approximate surface area is 107 Å². The molecular formula is C12H21N5O. The molecule has 1 amide bonds. The molecule has 1 aliphatic rings. The van der Waals surface area contributed by atoms with Gasteiger partial charge < -0.3 is 5.32 Å². The summed E-state index contributed by atoms with van der Waals surface area (Å²) in [5.74, 6) is 0.370. The first-order valence-electron chi connectivity index (χ1n) is 6.56.